The van der Waals surface area contributed by atoms with E-state index >= 15 is 0 Å². The lowest BCUT2D eigenvalue weighted by Gasteiger charge is -2.19. The van der Waals surface area contributed by atoms with Crippen molar-refractivity contribution in [2.75, 3.05) is 18.5 Å². The second-order valence-electron chi connectivity index (χ2n) is 5.84. The van der Waals surface area contributed by atoms with Gasteiger partial charge in [-0.05, 0) is 31.1 Å². The molecule has 0 saturated heterocycles. The summed E-state index contributed by atoms with van der Waals surface area (Å²) in [4.78, 5) is 28.1. The van der Waals surface area contributed by atoms with Crippen LogP contribution >= 0.6 is 11.3 Å². The van der Waals surface area contributed by atoms with Gasteiger partial charge in [-0.15, -0.1) is 0 Å². The average Bonchev–Trinajstić information content (AvgIpc) is 3.09. The first-order chi connectivity index (χ1) is 9.89. The molecule has 1 aliphatic rings. The molecule has 0 aliphatic heterocycles. The highest BCUT2D eigenvalue weighted by Gasteiger charge is 2.45. The van der Waals surface area contributed by atoms with Crippen LogP contribution in [0.15, 0.2) is 0 Å². The Balaban J connectivity index is 2.12. The van der Waals surface area contributed by atoms with E-state index in [2.05, 4.69) is 24.1 Å². The number of esters is 1. The quantitative estimate of drug-likeness (QED) is 0.617. The van der Waals surface area contributed by atoms with Crippen molar-refractivity contribution in [1.29, 1.82) is 0 Å². The van der Waals surface area contributed by atoms with Crippen molar-refractivity contribution in [2.45, 2.75) is 40.5 Å². The molecule has 1 fully saturated rings. The van der Waals surface area contributed by atoms with Crippen LogP contribution in [0.1, 0.15) is 60.7 Å². The van der Waals surface area contributed by atoms with E-state index in [4.69, 9.17) is 4.74 Å². The highest BCUT2D eigenvalue weighted by molar-refractivity contribution is 7.17. The second kappa shape index (κ2) is 6.13. The molecule has 1 aromatic heterocycles. The van der Waals surface area contributed by atoms with E-state index in [0.717, 1.165) is 6.54 Å². The smallest absolute Gasteiger partial charge is 0.358 e. The number of aromatic nitrogens is 1. The van der Waals surface area contributed by atoms with E-state index in [1.165, 1.54) is 31.1 Å². The third-order valence-corrected chi connectivity index (χ3v) is 5.24. The molecule has 0 bridgehead atoms. The summed E-state index contributed by atoms with van der Waals surface area (Å²) < 4.78 is 4.95. The lowest BCUT2D eigenvalue weighted by Crippen LogP contribution is -2.20. The molecule has 0 aromatic carbocycles. The maximum atomic E-state index is 11.8. The van der Waals surface area contributed by atoms with Crippen molar-refractivity contribution >= 4 is 28.2 Å². The summed E-state index contributed by atoms with van der Waals surface area (Å²) in [5, 5.41) is 3.91. The molecule has 0 unspecified atom stereocenters. The number of carbonyl (C=O) groups is 2. The fraction of sp³-hybridized carbons (Fsp3) is 0.667. The summed E-state index contributed by atoms with van der Waals surface area (Å²) in [7, 11) is 0. The van der Waals surface area contributed by atoms with Gasteiger partial charge in [0.15, 0.2) is 16.6 Å². The maximum Gasteiger partial charge on any atom is 0.358 e. The average molecular weight is 310 g/mol. The van der Waals surface area contributed by atoms with Crippen LogP contribution in [0.25, 0.3) is 0 Å². The first-order valence-electron chi connectivity index (χ1n) is 7.32. The highest BCUT2D eigenvalue weighted by Crippen LogP contribution is 2.51. The third kappa shape index (κ3) is 3.43. The number of hydrogen-bond donors (Lipinski definition) is 1. The van der Waals surface area contributed by atoms with Crippen LogP contribution in [-0.2, 0) is 4.74 Å². The van der Waals surface area contributed by atoms with E-state index in [-0.39, 0.29) is 18.1 Å². The molecule has 1 N–H and O–H groups in total. The SMILES string of the molecule is CCOC(=O)c1nc(NCC2(C(C)C)CC2)sc1C(C)=O. The van der Waals surface area contributed by atoms with E-state index in [1.807, 2.05) is 0 Å². The number of ketones is 1. The largest absolute Gasteiger partial charge is 0.461 e. The lowest BCUT2D eigenvalue weighted by molar-refractivity contribution is 0.0517. The first-order valence-corrected chi connectivity index (χ1v) is 8.14. The second-order valence-corrected chi connectivity index (χ2v) is 6.84. The number of carbonyl (C=O) groups excluding carboxylic acids is 2. The van der Waals surface area contributed by atoms with E-state index in [1.54, 1.807) is 6.92 Å². The van der Waals surface area contributed by atoms with Gasteiger partial charge in [0.25, 0.3) is 0 Å². The standard InChI is InChI=1S/C15H22N2O3S/c1-5-20-13(19)11-12(10(4)18)21-14(17-11)16-8-15(6-7-15)9(2)3/h9H,5-8H2,1-4H3,(H,16,17). The van der Waals surface area contributed by atoms with E-state index in [0.29, 0.717) is 21.3 Å². The minimum absolute atomic E-state index is 0.131. The molecule has 6 heteroatoms. The van der Waals surface area contributed by atoms with Crippen molar-refractivity contribution in [3.8, 4) is 0 Å². The molecule has 0 radical (unpaired) electrons. The Morgan fingerprint density at radius 1 is 1.43 bits per heavy atom. The summed E-state index contributed by atoms with van der Waals surface area (Å²) in [6.07, 6.45) is 2.43. The molecule has 1 saturated carbocycles. The zero-order chi connectivity index (χ0) is 15.6. The van der Waals surface area contributed by atoms with Gasteiger partial charge in [-0.3, -0.25) is 4.79 Å². The highest BCUT2D eigenvalue weighted by atomic mass is 32.1. The van der Waals surface area contributed by atoms with Crippen LogP contribution < -0.4 is 5.32 Å². The molecule has 2 rings (SSSR count). The van der Waals surface area contributed by atoms with Gasteiger partial charge in [-0.2, -0.15) is 0 Å². The number of nitrogens with one attached hydrogen (secondary N) is 1. The molecule has 5 nitrogen and oxygen atoms in total. The van der Waals surface area contributed by atoms with Crippen molar-refractivity contribution in [3.63, 3.8) is 0 Å². The predicted octanol–water partition coefficient (Wildman–Crippen LogP) is 3.37. The Bertz CT molecular complexity index is 547. The van der Waals surface area contributed by atoms with Crippen LogP contribution in [0.2, 0.25) is 0 Å². The van der Waals surface area contributed by atoms with Crippen molar-refractivity contribution < 1.29 is 14.3 Å². The first kappa shape index (κ1) is 15.9. The maximum absolute atomic E-state index is 11.8. The van der Waals surface area contributed by atoms with Crippen LogP contribution in [-0.4, -0.2) is 29.9 Å². The van der Waals surface area contributed by atoms with E-state index < -0.39 is 5.97 Å². The molecular weight excluding hydrogens is 288 g/mol. The van der Waals surface area contributed by atoms with Crippen LogP contribution in [0.4, 0.5) is 5.13 Å². The zero-order valence-electron chi connectivity index (χ0n) is 13.0. The molecule has 0 atom stereocenters. The van der Waals surface area contributed by atoms with Crippen LogP contribution in [0, 0.1) is 11.3 Å². The molecule has 116 valence electrons. The Morgan fingerprint density at radius 3 is 2.57 bits per heavy atom. The molecule has 21 heavy (non-hydrogen) atoms. The Kier molecular flexibility index (Phi) is 4.66. The molecule has 1 aromatic rings. The van der Waals surface area contributed by atoms with Crippen molar-refractivity contribution in [2.24, 2.45) is 11.3 Å². The normalized spacial score (nSPS) is 15.9. The van der Waals surface area contributed by atoms with Gasteiger partial charge in [0.2, 0.25) is 0 Å². The van der Waals surface area contributed by atoms with Gasteiger partial charge in [-0.25, -0.2) is 9.78 Å². The van der Waals surface area contributed by atoms with Crippen molar-refractivity contribution in [1.82, 2.24) is 4.98 Å². The summed E-state index contributed by atoms with van der Waals surface area (Å²) in [6.45, 7) is 8.72. The van der Waals surface area contributed by atoms with Gasteiger partial charge < -0.3 is 10.1 Å². The summed E-state index contributed by atoms with van der Waals surface area (Å²) >= 11 is 1.23. The predicted molar refractivity (Wildman–Crippen MR) is 83.1 cm³/mol. The number of rotatable bonds is 7. The summed E-state index contributed by atoms with van der Waals surface area (Å²) in [6, 6.07) is 0. The summed E-state index contributed by atoms with van der Waals surface area (Å²) in [5.74, 6) is -0.0765. The summed E-state index contributed by atoms with van der Waals surface area (Å²) in [5.41, 5.74) is 0.470. The Hall–Kier alpha value is -1.43. The monoisotopic (exact) mass is 310 g/mol. The fourth-order valence-electron chi connectivity index (χ4n) is 2.34. The van der Waals surface area contributed by atoms with Crippen LogP contribution in [0.3, 0.4) is 0 Å². The number of thiazole rings is 1. The van der Waals surface area contributed by atoms with Gasteiger partial charge in [-0.1, -0.05) is 25.2 Å². The van der Waals surface area contributed by atoms with Gasteiger partial charge in [0, 0.05) is 13.5 Å². The Labute approximate surface area is 129 Å². The number of anilines is 1. The van der Waals surface area contributed by atoms with Gasteiger partial charge in [0.05, 0.1) is 6.61 Å². The molecule has 1 aliphatic carbocycles. The lowest BCUT2D eigenvalue weighted by atomic mass is 9.92. The zero-order valence-corrected chi connectivity index (χ0v) is 13.8. The fourth-order valence-corrected chi connectivity index (χ4v) is 3.19. The molecular formula is C15H22N2O3S. The Morgan fingerprint density at radius 2 is 2.10 bits per heavy atom. The number of Topliss-reactive ketones (excluding diaryl/α,β-unsaturated/α-hetero) is 1. The van der Waals surface area contributed by atoms with Gasteiger partial charge >= 0.3 is 5.97 Å². The minimum atomic E-state index is -0.531. The molecule has 1 heterocycles. The van der Waals surface area contributed by atoms with Gasteiger partial charge in [0.1, 0.15) is 4.88 Å². The topological polar surface area (TPSA) is 68.3 Å². The minimum Gasteiger partial charge on any atom is -0.461 e. The molecule has 0 spiro atoms. The number of hydrogen-bond acceptors (Lipinski definition) is 6. The third-order valence-electron chi connectivity index (χ3n) is 4.12. The van der Waals surface area contributed by atoms with Crippen LogP contribution in [0.5, 0.6) is 0 Å². The number of ether oxygens (including phenoxy) is 1. The number of nitrogens with zero attached hydrogens (tertiary/aromatic N) is 1. The van der Waals surface area contributed by atoms with Crippen molar-refractivity contribution in [3.05, 3.63) is 10.6 Å². The molecule has 0 amide bonds. The van der Waals surface area contributed by atoms with E-state index in [9.17, 15) is 9.59 Å².